The lowest BCUT2D eigenvalue weighted by molar-refractivity contribution is -0.119. The van der Waals surface area contributed by atoms with Gasteiger partial charge in [-0.05, 0) is 55.7 Å². The van der Waals surface area contributed by atoms with Crippen molar-refractivity contribution < 1.29 is 19.1 Å². The molecule has 0 aromatic heterocycles. The van der Waals surface area contributed by atoms with Crippen LogP contribution in [0.3, 0.4) is 0 Å². The van der Waals surface area contributed by atoms with E-state index in [1.807, 2.05) is 42.5 Å². The van der Waals surface area contributed by atoms with E-state index in [4.69, 9.17) is 9.47 Å². The van der Waals surface area contributed by atoms with E-state index in [1.165, 1.54) is 0 Å². The molecule has 2 amide bonds. The maximum absolute atomic E-state index is 12.9. The molecule has 4 rings (SSSR count). The Labute approximate surface area is 181 Å². The number of anilines is 2. The number of hydrogen-bond acceptors (Lipinski definition) is 6. The molecule has 31 heavy (non-hydrogen) atoms. The molecule has 2 aliphatic rings. The standard InChI is InChI=1S/C23H28N4O4/c1-30-17-9-10-21(31-2)18(13-17)19-14-20(26-25-19)23(29)24-15-6-5-7-16(12-15)27-11-4-3-8-22(27)28/h5-7,9-10,12-13,19-20,25-26H,3-4,8,11,14H2,1-2H3,(H,24,29). The van der Waals surface area contributed by atoms with Crippen LogP contribution in [0.25, 0.3) is 0 Å². The fourth-order valence-corrected chi connectivity index (χ4v) is 4.10. The molecule has 2 aliphatic heterocycles. The quantitative estimate of drug-likeness (QED) is 0.661. The second-order valence-electron chi connectivity index (χ2n) is 7.78. The first-order valence-electron chi connectivity index (χ1n) is 10.5. The van der Waals surface area contributed by atoms with Gasteiger partial charge in [-0.3, -0.25) is 9.59 Å². The summed E-state index contributed by atoms with van der Waals surface area (Å²) in [5.74, 6) is 1.46. The van der Waals surface area contributed by atoms with Gasteiger partial charge in [-0.1, -0.05) is 6.07 Å². The Morgan fingerprint density at radius 1 is 1.10 bits per heavy atom. The van der Waals surface area contributed by atoms with E-state index in [-0.39, 0.29) is 17.9 Å². The predicted molar refractivity (Wildman–Crippen MR) is 118 cm³/mol. The summed E-state index contributed by atoms with van der Waals surface area (Å²) in [5.41, 5.74) is 8.68. The molecule has 2 heterocycles. The van der Waals surface area contributed by atoms with Crippen LogP contribution in [0.15, 0.2) is 42.5 Å². The number of piperidine rings is 1. The fraction of sp³-hybridized carbons (Fsp3) is 0.391. The molecule has 2 atom stereocenters. The first kappa shape index (κ1) is 21.1. The van der Waals surface area contributed by atoms with Gasteiger partial charge in [-0.2, -0.15) is 0 Å². The number of amides is 2. The normalized spacial score (nSPS) is 21.1. The zero-order chi connectivity index (χ0) is 21.8. The topological polar surface area (TPSA) is 91.9 Å². The molecule has 0 saturated carbocycles. The van der Waals surface area contributed by atoms with Gasteiger partial charge < -0.3 is 19.7 Å². The van der Waals surface area contributed by atoms with E-state index in [0.29, 0.717) is 25.1 Å². The average molecular weight is 425 g/mol. The predicted octanol–water partition coefficient (Wildman–Crippen LogP) is 2.77. The minimum Gasteiger partial charge on any atom is -0.497 e. The van der Waals surface area contributed by atoms with Gasteiger partial charge in [0, 0.05) is 29.9 Å². The van der Waals surface area contributed by atoms with Crippen LogP contribution in [0.2, 0.25) is 0 Å². The summed E-state index contributed by atoms with van der Waals surface area (Å²) in [6, 6.07) is 12.5. The van der Waals surface area contributed by atoms with Gasteiger partial charge in [0.15, 0.2) is 0 Å². The number of nitrogens with zero attached hydrogens (tertiary/aromatic N) is 1. The largest absolute Gasteiger partial charge is 0.497 e. The molecular weight excluding hydrogens is 396 g/mol. The zero-order valence-electron chi connectivity index (χ0n) is 17.8. The number of carbonyl (C=O) groups is 2. The Hall–Kier alpha value is -3.10. The second kappa shape index (κ2) is 9.36. The van der Waals surface area contributed by atoms with Crippen LogP contribution in [0.1, 0.15) is 37.3 Å². The third kappa shape index (κ3) is 4.65. The van der Waals surface area contributed by atoms with Gasteiger partial charge in [0.05, 0.1) is 20.3 Å². The van der Waals surface area contributed by atoms with Crippen molar-refractivity contribution in [3.8, 4) is 11.5 Å². The smallest absolute Gasteiger partial charge is 0.242 e. The van der Waals surface area contributed by atoms with Crippen molar-refractivity contribution in [1.82, 2.24) is 10.9 Å². The second-order valence-corrected chi connectivity index (χ2v) is 7.78. The Bertz CT molecular complexity index is 964. The van der Waals surface area contributed by atoms with Gasteiger partial charge in [0.2, 0.25) is 11.8 Å². The van der Waals surface area contributed by atoms with Gasteiger partial charge >= 0.3 is 0 Å². The van der Waals surface area contributed by atoms with Crippen LogP contribution in [0.4, 0.5) is 11.4 Å². The van der Waals surface area contributed by atoms with E-state index in [9.17, 15) is 9.59 Å². The SMILES string of the molecule is COc1ccc(OC)c(C2CC(C(=O)Nc3cccc(N4CCCCC4=O)c3)NN2)c1. The highest BCUT2D eigenvalue weighted by molar-refractivity contribution is 5.97. The molecular formula is C23H28N4O4. The maximum Gasteiger partial charge on any atom is 0.242 e. The van der Waals surface area contributed by atoms with Crippen LogP contribution < -0.4 is 30.5 Å². The lowest BCUT2D eigenvalue weighted by atomic mass is 10.0. The molecule has 2 saturated heterocycles. The van der Waals surface area contributed by atoms with Crippen molar-refractivity contribution >= 4 is 23.2 Å². The van der Waals surface area contributed by atoms with Crippen molar-refractivity contribution in [2.24, 2.45) is 0 Å². The molecule has 2 aromatic carbocycles. The van der Waals surface area contributed by atoms with Gasteiger partial charge in [-0.25, -0.2) is 10.9 Å². The summed E-state index contributed by atoms with van der Waals surface area (Å²) < 4.78 is 10.8. The number of rotatable bonds is 6. The molecule has 8 nitrogen and oxygen atoms in total. The summed E-state index contributed by atoms with van der Waals surface area (Å²) in [5, 5.41) is 2.97. The number of hydrogen-bond donors (Lipinski definition) is 3. The lowest BCUT2D eigenvalue weighted by Crippen LogP contribution is -2.39. The number of ether oxygens (including phenoxy) is 2. The highest BCUT2D eigenvalue weighted by Gasteiger charge is 2.32. The fourth-order valence-electron chi connectivity index (χ4n) is 4.10. The third-order valence-corrected chi connectivity index (χ3v) is 5.78. The first-order chi connectivity index (χ1) is 15.1. The maximum atomic E-state index is 12.9. The van der Waals surface area contributed by atoms with E-state index >= 15 is 0 Å². The van der Waals surface area contributed by atoms with E-state index in [0.717, 1.165) is 35.6 Å². The van der Waals surface area contributed by atoms with Crippen molar-refractivity contribution in [1.29, 1.82) is 0 Å². The van der Waals surface area contributed by atoms with Crippen molar-refractivity contribution in [3.63, 3.8) is 0 Å². The molecule has 2 aromatic rings. The lowest BCUT2D eigenvalue weighted by Gasteiger charge is -2.27. The summed E-state index contributed by atoms with van der Waals surface area (Å²) in [6.07, 6.45) is 3.06. The zero-order valence-corrected chi connectivity index (χ0v) is 17.8. The Balaban J connectivity index is 1.43. The highest BCUT2D eigenvalue weighted by atomic mass is 16.5. The van der Waals surface area contributed by atoms with Gasteiger partial charge in [-0.15, -0.1) is 0 Å². The number of benzene rings is 2. The average Bonchev–Trinajstić information content (AvgIpc) is 3.29. The minimum absolute atomic E-state index is 0.0990. The number of carbonyl (C=O) groups excluding carboxylic acids is 2. The Morgan fingerprint density at radius 2 is 1.97 bits per heavy atom. The van der Waals surface area contributed by atoms with Gasteiger partial charge in [0.25, 0.3) is 0 Å². The monoisotopic (exact) mass is 424 g/mol. The van der Waals surface area contributed by atoms with Gasteiger partial charge in [0.1, 0.15) is 17.5 Å². The molecule has 0 aliphatic carbocycles. The molecule has 2 fully saturated rings. The summed E-state index contributed by atoms with van der Waals surface area (Å²) in [4.78, 5) is 26.9. The Kier molecular flexibility index (Phi) is 6.39. The van der Waals surface area contributed by atoms with Crippen molar-refractivity contribution in [2.45, 2.75) is 37.8 Å². The Morgan fingerprint density at radius 3 is 2.74 bits per heavy atom. The molecule has 8 heteroatoms. The van der Waals surface area contributed by atoms with E-state index in [2.05, 4.69) is 16.2 Å². The molecule has 0 radical (unpaired) electrons. The van der Waals surface area contributed by atoms with Crippen molar-refractivity contribution in [2.75, 3.05) is 31.0 Å². The summed E-state index contributed by atoms with van der Waals surface area (Å²) in [6.45, 7) is 0.717. The van der Waals surface area contributed by atoms with E-state index < -0.39 is 6.04 Å². The highest BCUT2D eigenvalue weighted by Crippen LogP contribution is 2.33. The van der Waals surface area contributed by atoms with E-state index in [1.54, 1.807) is 19.1 Å². The molecule has 164 valence electrons. The number of hydrazine groups is 1. The van der Waals surface area contributed by atoms with Crippen LogP contribution >= 0.6 is 0 Å². The molecule has 3 N–H and O–H groups in total. The summed E-state index contributed by atoms with van der Waals surface area (Å²) >= 11 is 0. The number of methoxy groups -OCH3 is 2. The summed E-state index contributed by atoms with van der Waals surface area (Å²) in [7, 11) is 3.24. The molecule has 0 bridgehead atoms. The number of nitrogens with one attached hydrogen (secondary N) is 3. The minimum atomic E-state index is -0.416. The third-order valence-electron chi connectivity index (χ3n) is 5.78. The first-order valence-corrected chi connectivity index (χ1v) is 10.5. The van der Waals surface area contributed by atoms with Crippen LogP contribution in [-0.2, 0) is 9.59 Å². The van der Waals surface area contributed by atoms with Crippen molar-refractivity contribution in [3.05, 3.63) is 48.0 Å². The van der Waals surface area contributed by atoms with Crippen LogP contribution in [-0.4, -0.2) is 38.6 Å². The van der Waals surface area contributed by atoms with Crippen LogP contribution in [0, 0.1) is 0 Å². The molecule has 2 unspecified atom stereocenters. The van der Waals surface area contributed by atoms with Crippen LogP contribution in [0.5, 0.6) is 11.5 Å². The molecule has 0 spiro atoms.